The molecule has 32 heavy (non-hydrogen) atoms. The molecule has 13 heteroatoms. The van der Waals surface area contributed by atoms with E-state index in [0.29, 0.717) is 24.3 Å². The molecule has 0 atom stereocenters. The molecule has 0 spiro atoms. The molecule has 172 valence electrons. The van der Waals surface area contributed by atoms with Crippen LogP contribution in [0.5, 0.6) is 5.75 Å². The van der Waals surface area contributed by atoms with Crippen molar-refractivity contribution in [3.05, 3.63) is 48.8 Å². The third kappa shape index (κ3) is 4.94. The number of benzene rings is 1. The molecule has 1 aliphatic heterocycles. The lowest BCUT2D eigenvalue weighted by atomic mass is 10.3. The lowest BCUT2D eigenvalue weighted by molar-refractivity contribution is -0.275. The maximum atomic E-state index is 13.3. The van der Waals surface area contributed by atoms with E-state index in [0.717, 1.165) is 29.2 Å². The van der Waals surface area contributed by atoms with Crippen molar-refractivity contribution < 1.29 is 36.2 Å². The van der Waals surface area contributed by atoms with Crippen LogP contribution < -0.4 is 15.0 Å². The number of nitrogens with zero attached hydrogens (tertiary/aromatic N) is 3. The number of piperazine rings is 1. The van der Waals surface area contributed by atoms with Crippen LogP contribution in [-0.2, 0) is 14.8 Å². The van der Waals surface area contributed by atoms with Gasteiger partial charge in [-0.15, -0.1) is 13.2 Å². The van der Waals surface area contributed by atoms with Gasteiger partial charge < -0.3 is 20.1 Å². The van der Waals surface area contributed by atoms with Crippen molar-refractivity contribution in [3.8, 4) is 5.75 Å². The third-order valence-electron chi connectivity index (χ3n) is 4.58. The minimum Gasteiger partial charge on any atom is -0.483 e. The number of para-hydroxylation sites is 1. The topological polar surface area (TPSA) is 114 Å². The van der Waals surface area contributed by atoms with Crippen LogP contribution in [-0.4, -0.2) is 61.5 Å². The van der Waals surface area contributed by atoms with Crippen LogP contribution in [0.4, 0.5) is 18.9 Å². The normalized spacial score (nSPS) is 14.5. The van der Waals surface area contributed by atoms with Crippen molar-refractivity contribution in [2.75, 3.05) is 31.1 Å². The van der Waals surface area contributed by atoms with Gasteiger partial charge in [-0.05, 0) is 24.3 Å². The minimum absolute atomic E-state index is 0.250. The standard InChI is InChI=1S/C18H17F3N4O3S.CH2O2/c19-18(20,21)28-15-5-1-2-6-16(15)29(26,27)25-12-14(24-10-8-22-9-11-24)17-13(25)4-3-7-23-17;2-1-3/h1-7,12,22H,8-11H2;1H,(H,2,3). The van der Waals surface area contributed by atoms with Gasteiger partial charge in [0.05, 0.1) is 11.2 Å². The van der Waals surface area contributed by atoms with Gasteiger partial charge in [0.1, 0.15) is 16.2 Å². The average molecular weight is 472 g/mol. The second-order valence-electron chi connectivity index (χ2n) is 6.52. The zero-order valence-corrected chi connectivity index (χ0v) is 17.3. The first-order valence-electron chi connectivity index (χ1n) is 9.29. The Balaban J connectivity index is 0.000000913. The van der Waals surface area contributed by atoms with Gasteiger partial charge >= 0.3 is 6.36 Å². The minimum atomic E-state index is -5.02. The number of alkyl halides is 3. The molecule has 0 amide bonds. The molecule has 1 fully saturated rings. The third-order valence-corrected chi connectivity index (χ3v) is 6.29. The fourth-order valence-corrected chi connectivity index (χ4v) is 4.80. The van der Waals surface area contributed by atoms with Crippen molar-refractivity contribution in [2.24, 2.45) is 0 Å². The van der Waals surface area contributed by atoms with Crippen LogP contribution in [0, 0.1) is 0 Å². The van der Waals surface area contributed by atoms with E-state index in [1.807, 2.05) is 4.90 Å². The number of hydrogen-bond donors (Lipinski definition) is 2. The second kappa shape index (κ2) is 9.44. The highest BCUT2D eigenvalue weighted by Gasteiger charge is 2.35. The zero-order valence-electron chi connectivity index (χ0n) is 16.5. The van der Waals surface area contributed by atoms with E-state index in [9.17, 15) is 21.6 Å². The monoisotopic (exact) mass is 472 g/mol. The quantitative estimate of drug-likeness (QED) is 0.556. The Morgan fingerprint density at radius 3 is 2.44 bits per heavy atom. The Bertz CT molecular complexity index is 1190. The number of fused-ring (bicyclic) bond motifs is 1. The van der Waals surface area contributed by atoms with Gasteiger partial charge in [0, 0.05) is 38.6 Å². The molecule has 3 aromatic rings. The smallest absolute Gasteiger partial charge is 0.483 e. The molecule has 9 nitrogen and oxygen atoms in total. The molecule has 0 saturated carbocycles. The fraction of sp³-hybridized carbons (Fsp3) is 0.263. The molecule has 0 radical (unpaired) electrons. The van der Waals surface area contributed by atoms with Crippen LogP contribution in [0.1, 0.15) is 0 Å². The summed E-state index contributed by atoms with van der Waals surface area (Å²) in [5.74, 6) is -0.783. The molecule has 1 saturated heterocycles. The number of ether oxygens (including phenoxy) is 1. The van der Waals surface area contributed by atoms with Crippen molar-refractivity contribution >= 4 is 33.2 Å². The van der Waals surface area contributed by atoms with Crippen molar-refractivity contribution in [3.63, 3.8) is 0 Å². The van der Waals surface area contributed by atoms with E-state index >= 15 is 0 Å². The van der Waals surface area contributed by atoms with Gasteiger partial charge in [-0.3, -0.25) is 9.78 Å². The van der Waals surface area contributed by atoms with E-state index in [-0.39, 0.29) is 12.0 Å². The van der Waals surface area contributed by atoms with Gasteiger partial charge in [0.2, 0.25) is 0 Å². The van der Waals surface area contributed by atoms with Gasteiger partial charge in [0.25, 0.3) is 16.5 Å². The predicted octanol–water partition coefficient (Wildman–Crippen LogP) is 2.28. The average Bonchev–Trinajstić information content (AvgIpc) is 3.15. The summed E-state index contributed by atoms with van der Waals surface area (Å²) in [4.78, 5) is 14.1. The largest absolute Gasteiger partial charge is 0.573 e. The number of aromatic nitrogens is 2. The molecular weight excluding hydrogens is 453 g/mol. The number of carbonyl (C=O) groups is 1. The van der Waals surface area contributed by atoms with E-state index < -0.39 is 27.0 Å². The Morgan fingerprint density at radius 1 is 1.12 bits per heavy atom. The lowest BCUT2D eigenvalue weighted by Gasteiger charge is -2.28. The van der Waals surface area contributed by atoms with Gasteiger partial charge in [-0.2, -0.15) is 0 Å². The summed E-state index contributed by atoms with van der Waals surface area (Å²) in [5, 5.41) is 10.1. The first-order chi connectivity index (χ1) is 15.2. The predicted molar refractivity (Wildman–Crippen MR) is 109 cm³/mol. The van der Waals surface area contributed by atoms with Gasteiger partial charge in [0.15, 0.2) is 0 Å². The summed E-state index contributed by atoms with van der Waals surface area (Å²) in [5.41, 5.74) is 1.36. The number of pyridine rings is 1. The summed E-state index contributed by atoms with van der Waals surface area (Å²) >= 11 is 0. The molecule has 0 aliphatic carbocycles. The highest BCUT2D eigenvalue weighted by molar-refractivity contribution is 7.90. The summed E-state index contributed by atoms with van der Waals surface area (Å²) in [6, 6.07) is 7.83. The van der Waals surface area contributed by atoms with E-state index in [2.05, 4.69) is 15.0 Å². The fourth-order valence-electron chi connectivity index (χ4n) is 3.33. The second-order valence-corrected chi connectivity index (χ2v) is 8.31. The molecule has 1 aliphatic rings. The van der Waals surface area contributed by atoms with Crippen LogP contribution >= 0.6 is 0 Å². The van der Waals surface area contributed by atoms with Crippen LogP contribution in [0.2, 0.25) is 0 Å². The number of rotatable bonds is 4. The number of carboxylic acid groups (broad SMARTS) is 1. The molecule has 0 unspecified atom stereocenters. The van der Waals surface area contributed by atoms with Gasteiger partial charge in [-0.25, -0.2) is 12.4 Å². The Kier molecular flexibility index (Phi) is 6.89. The maximum Gasteiger partial charge on any atom is 0.573 e. The number of halogens is 3. The molecular formula is C19H19F3N4O5S. The Morgan fingerprint density at radius 2 is 1.78 bits per heavy atom. The first-order valence-corrected chi connectivity index (χ1v) is 10.7. The Labute approximate surface area is 181 Å². The maximum absolute atomic E-state index is 13.3. The van der Waals surface area contributed by atoms with Crippen LogP contribution in [0.15, 0.2) is 53.7 Å². The van der Waals surface area contributed by atoms with Gasteiger partial charge in [-0.1, -0.05) is 12.1 Å². The molecule has 0 bridgehead atoms. The molecule has 2 aromatic heterocycles. The van der Waals surface area contributed by atoms with E-state index in [1.54, 1.807) is 18.3 Å². The van der Waals surface area contributed by atoms with E-state index in [1.165, 1.54) is 18.3 Å². The van der Waals surface area contributed by atoms with E-state index in [4.69, 9.17) is 9.90 Å². The molecule has 1 aromatic carbocycles. The first kappa shape index (κ1) is 23.3. The summed E-state index contributed by atoms with van der Waals surface area (Å²) < 4.78 is 69.8. The summed E-state index contributed by atoms with van der Waals surface area (Å²) in [6.07, 6.45) is -2.06. The number of anilines is 1. The van der Waals surface area contributed by atoms with Crippen LogP contribution in [0.3, 0.4) is 0 Å². The zero-order chi connectivity index (χ0) is 23.4. The Hall–Kier alpha value is -3.32. The highest BCUT2D eigenvalue weighted by atomic mass is 32.2. The van der Waals surface area contributed by atoms with Crippen molar-refractivity contribution in [1.29, 1.82) is 0 Å². The number of nitrogens with one attached hydrogen (secondary N) is 1. The molecule has 3 heterocycles. The lowest BCUT2D eigenvalue weighted by Crippen LogP contribution is -2.43. The highest BCUT2D eigenvalue weighted by Crippen LogP contribution is 2.35. The number of hydrogen-bond acceptors (Lipinski definition) is 7. The van der Waals surface area contributed by atoms with Crippen molar-refractivity contribution in [1.82, 2.24) is 14.3 Å². The molecule has 2 N–H and O–H groups in total. The van der Waals surface area contributed by atoms with Crippen molar-refractivity contribution in [2.45, 2.75) is 11.3 Å². The summed E-state index contributed by atoms with van der Waals surface area (Å²) in [6.45, 7) is 2.52. The summed E-state index contributed by atoms with van der Waals surface area (Å²) in [7, 11) is -4.38. The molecule has 4 rings (SSSR count). The van der Waals surface area contributed by atoms with Crippen LogP contribution in [0.25, 0.3) is 11.0 Å². The SMILES string of the molecule is O=CO.O=S(=O)(c1ccccc1OC(F)(F)F)n1cc(N2CCNCC2)c2ncccc21.